The van der Waals surface area contributed by atoms with E-state index in [1.807, 2.05) is 38.2 Å². The van der Waals surface area contributed by atoms with Crippen molar-refractivity contribution in [3.8, 4) is 5.75 Å². The fraction of sp³-hybridized carbons (Fsp3) is 0.632. The van der Waals surface area contributed by atoms with Crippen molar-refractivity contribution in [3.63, 3.8) is 0 Å². The van der Waals surface area contributed by atoms with Crippen molar-refractivity contribution in [3.05, 3.63) is 29.3 Å². The molecule has 0 saturated carbocycles. The Bertz CT molecular complexity index is 571. The molecule has 0 spiro atoms. The fourth-order valence-electron chi connectivity index (χ4n) is 2.92. The Morgan fingerprint density at radius 1 is 1.38 bits per heavy atom. The SMILES string of the molecule is CN=C(NCC(C)Oc1ccccc1Cl)N1CCC(COCCOC)C1. The molecule has 1 N–H and O–H groups in total. The predicted octanol–water partition coefficient (Wildman–Crippen LogP) is 2.67. The minimum absolute atomic E-state index is 0.0255. The molecule has 146 valence electrons. The van der Waals surface area contributed by atoms with Crippen molar-refractivity contribution in [2.45, 2.75) is 19.4 Å². The Labute approximate surface area is 161 Å². The van der Waals surface area contributed by atoms with Gasteiger partial charge in [-0.05, 0) is 25.5 Å². The number of guanidine groups is 1. The first-order valence-corrected chi connectivity index (χ1v) is 9.45. The quantitative estimate of drug-likeness (QED) is 0.403. The molecule has 1 aromatic rings. The molecule has 2 atom stereocenters. The molecular formula is C19H30ClN3O3. The van der Waals surface area contributed by atoms with Gasteiger partial charge in [-0.2, -0.15) is 0 Å². The lowest BCUT2D eigenvalue weighted by molar-refractivity contribution is 0.0536. The minimum Gasteiger partial charge on any atom is -0.487 e. The second kappa shape index (κ2) is 11.3. The third-order valence-electron chi connectivity index (χ3n) is 4.29. The maximum Gasteiger partial charge on any atom is 0.193 e. The number of nitrogens with zero attached hydrogens (tertiary/aromatic N) is 2. The van der Waals surface area contributed by atoms with E-state index < -0.39 is 0 Å². The lowest BCUT2D eigenvalue weighted by atomic mass is 10.1. The molecule has 2 rings (SSSR count). The maximum atomic E-state index is 6.14. The van der Waals surface area contributed by atoms with Gasteiger partial charge in [0, 0.05) is 33.2 Å². The summed E-state index contributed by atoms with van der Waals surface area (Å²) >= 11 is 6.14. The highest BCUT2D eigenvalue weighted by atomic mass is 35.5. The lowest BCUT2D eigenvalue weighted by Gasteiger charge is -2.24. The van der Waals surface area contributed by atoms with Gasteiger partial charge >= 0.3 is 0 Å². The number of nitrogens with one attached hydrogen (secondary N) is 1. The molecule has 26 heavy (non-hydrogen) atoms. The number of para-hydroxylation sites is 1. The van der Waals surface area contributed by atoms with Gasteiger partial charge < -0.3 is 24.4 Å². The Morgan fingerprint density at radius 2 is 2.19 bits per heavy atom. The van der Waals surface area contributed by atoms with Crippen molar-refractivity contribution < 1.29 is 14.2 Å². The molecule has 2 unspecified atom stereocenters. The van der Waals surface area contributed by atoms with Gasteiger partial charge in [-0.25, -0.2) is 0 Å². The van der Waals surface area contributed by atoms with E-state index >= 15 is 0 Å². The monoisotopic (exact) mass is 383 g/mol. The van der Waals surface area contributed by atoms with Crippen LogP contribution in [0.4, 0.5) is 0 Å². The average Bonchev–Trinajstić information content (AvgIpc) is 3.10. The predicted molar refractivity (Wildman–Crippen MR) is 105 cm³/mol. The lowest BCUT2D eigenvalue weighted by Crippen LogP contribution is -2.43. The van der Waals surface area contributed by atoms with Crippen molar-refractivity contribution in [2.75, 3.05) is 53.6 Å². The van der Waals surface area contributed by atoms with Crippen LogP contribution in [0.5, 0.6) is 5.75 Å². The summed E-state index contributed by atoms with van der Waals surface area (Å²) < 4.78 is 16.6. The summed E-state index contributed by atoms with van der Waals surface area (Å²) in [5, 5.41) is 4.02. The van der Waals surface area contributed by atoms with Crippen LogP contribution in [0.25, 0.3) is 0 Å². The van der Waals surface area contributed by atoms with Crippen LogP contribution >= 0.6 is 11.6 Å². The number of halogens is 1. The highest BCUT2D eigenvalue weighted by Crippen LogP contribution is 2.24. The highest BCUT2D eigenvalue weighted by Gasteiger charge is 2.25. The standard InChI is InChI=1S/C19H30ClN3O3/c1-15(26-18-7-5-4-6-17(18)20)12-22-19(21-2)23-9-8-16(13-23)14-25-11-10-24-3/h4-7,15-16H,8-14H2,1-3H3,(H,21,22). The third kappa shape index (κ3) is 6.67. The summed E-state index contributed by atoms with van der Waals surface area (Å²) in [6, 6.07) is 7.51. The number of methoxy groups -OCH3 is 1. The van der Waals surface area contributed by atoms with Gasteiger partial charge in [0.1, 0.15) is 11.9 Å². The van der Waals surface area contributed by atoms with Crippen LogP contribution in [0, 0.1) is 5.92 Å². The third-order valence-corrected chi connectivity index (χ3v) is 4.61. The molecule has 0 radical (unpaired) electrons. The van der Waals surface area contributed by atoms with Gasteiger partial charge in [0.05, 0.1) is 31.4 Å². The van der Waals surface area contributed by atoms with Crippen LogP contribution in [-0.4, -0.2) is 70.6 Å². The summed E-state index contributed by atoms with van der Waals surface area (Å²) in [5.41, 5.74) is 0. The van der Waals surface area contributed by atoms with Gasteiger partial charge in [-0.1, -0.05) is 23.7 Å². The Hall–Kier alpha value is -1.50. The largest absolute Gasteiger partial charge is 0.487 e. The molecular weight excluding hydrogens is 354 g/mol. The molecule has 1 saturated heterocycles. The minimum atomic E-state index is -0.0255. The molecule has 1 aliphatic heterocycles. The van der Waals surface area contributed by atoms with Crippen LogP contribution in [0.3, 0.4) is 0 Å². The first-order valence-electron chi connectivity index (χ1n) is 9.07. The Kier molecular flexibility index (Phi) is 9.01. The number of ether oxygens (including phenoxy) is 3. The van der Waals surface area contributed by atoms with E-state index in [4.69, 9.17) is 25.8 Å². The van der Waals surface area contributed by atoms with Crippen molar-refractivity contribution in [2.24, 2.45) is 10.9 Å². The molecule has 1 aromatic carbocycles. The molecule has 0 aromatic heterocycles. The van der Waals surface area contributed by atoms with E-state index in [1.165, 1.54) is 0 Å². The Morgan fingerprint density at radius 3 is 2.92 bits per heavy atom. The summed E-state index contributed by atoms with van der Waals surface area (Å²) in [5.74, 6) is 2.13. The molecule has 1 aliphatic rings. The van der Waals surface area contributed by atoms with E-state index in [2.05, 4.69) is 15.2 Å². The molecule has 0 bridgehead atoms. The van der Waals surface area contributed by atoms with Crippen molar-refractivity contribution >= 4 is 17.6 Å². The van der Waals surface area contributed by atoms with E-state index in [0.717, 1.165) is 32.1 Å². The number of aliphatic imine (C=N–C) groups is 1. The van der Waals surface area contributed by atoms with Crippen LogP contribution in [0.2, 0.25) is 5.02 Å². The zero-order chi connectivity index (χ0) is 18.8. The van der Waals surface area contributed by atoms with Crippen LogP contribution < -0.4 is 10.1 Å². The first-order chi connectivity index (χ1) is 12.6. The van der Waals surface area contributed by atoms with Gasteiger partial charge in [0.15, 0.2) is 5.96 Å². The van der Waals surface area contributed by atoms with Crippen LogP contribution in [0.1, 0.15) is 13.3 Å². The molecule has 0 amide bonds. The number of hydrogen-bond acceptors (Lipinski definition) is 4. The fourth-order valence-corrected chi connectivity index (χ4v) is 3.10. The van der Waals surface area contributed by atoms with E-state index in [9.17, 15) is 0 Å². The van der Waals surface area contributed by atoms with E-state index in [-0.39, 0.29) is 6.10 Å². The molecule has 0 aliphatic carbocycles. The van der Waals surface area contributed by atoms with Crippen LogP contribution in [0.15, 0.2) is 29.3 Å². The van der Waals surface area contributed by atoms with Gasteiger partial charge in [0.2, 0.25) is 0 Å². The first kappa shape index (κ1) is 20.8. The zero-order valence-electron chi connectivity index (χ0n) is 15.9. The number of likely N-dealkylation sites (tertiary alicyclic amines) is 1. The average molecular weight is 384 g/mol. The summed E-state index contributed by atoms with van der Waals surface area (Å²) in [6.45, 7) is 6.66. The van der Waals surface area contributed by atoms with Gasteiger partial charge in [-0.15, -0.1) is 0 Å². The zero-order valence-corrected chi connectivity index (χ0v) is 16.7. The number of hydrogen-bond donors (Lipinski definition) is 1. The second-order valence-electron chi connectivity index (χ2n) is 6.46. The number of rotatable bonds is 9. The molecule has 6 nitrogen and oxygen atoms in total. The summed E-state index contributed by atoms with van der Waals surface area (Å²) in [4.78, 5) is 6.67. The molecule has 7 heteroatoms. The van der Waals surface area contributed by atoms with Gasteiger partial charge in [0.25, 0.3) is 0 Å². The molecule has 1 heterocycles. The summed E-state index contributed by atoms with van der Waals surface area (Å²) in [6.07, 6.45) is 1.08. The highest BCUT2D eigenvalue weighted by molar-refractivity contribution is 6.32. The van der Waals surface area contributed by atoms with Gasteiger partial charge in [-0.3, -0.25) is 4.99 Å². The summed E-state index contributed by atoms with van der Waals surface area (Å²) in [7, 11) is 3.50. The van der Waals surface area contributed by atoms with E-state index in [1.54, 1.807) is 7.11 Å². The smallest absolute Gasteiger partial charge is 0.193 e. The van der Waals surface area contributed by atoms with Crippen molar-refractivity contribution in [1.29, 1.82) is 0 Å². The maximum absolute atomic E-state index is 6.14. The number of benzene rings is 1. The van der Waals surface area contributed by atoms with Crippen molar-refractivity contribution in [1.82, 2.24) is 10.2 Å². The Balaban J connectivity index is 1.73. The normalized spacial score (nSPS) is 18.8. The van der Waals surface area contributed by atoms with E-state index in [0.29, 0.717) is 36.4 Å². The van der Waals surface area contributed by atoms with Crippen LogP contribution in [-0.2, 0) is 9.47 Å². The second-order valence-corrected chi connectivity index (χ2v) is 6.86. The molecule has 1 fully saturated rings. The topological polar surface area (TPSA) is 55.3 Å².